The molecular formula is C32H42N2O7S. The molecule has 0 unspecified atom stereocenters. The lowest BCUT2D eigenvalue weighted by Gasteiger charge is -2.45. The van der Waals surface area contributed by atoms with E-state index in [-0.39, 0.29) is 28.9 Å². The summed E-state index contributed by atoms with van der Waals surface area (Å²) in [5, 5.41) is 3.65. The van der Waals surface area contributed by atoms with Crippen molar-refractivity contribution in [2.45, 2.75) is 58.0 Å². The fourth-order valence-corrected chi connectivity index (χ4v) is 10.7. The molecule has 4 aliphatic rings. The van der Waals surface area contributed by atoms with Crippen molar-refractivity contribution in [3.8, 4) is 23.0 Å². The fraction of sp³-hybridized carbons (Fsp3) is 0.594. The predicted molar refractivity (Wildman–Crippen MR) is 159 cm³/mol. The molecule has 0 amide bonds. The maximum atomic E-state index is 14.7. The van der Waals surface area contributed by atoms with Gasteiger partial charge in [0.15, 0.2) is 23.0 Å². The molecule has 10 heteroatoms. The molecule has 9 nitrogen and oxygen atoms in total. The lowest BCUT2D eigenvalue weighted by atomic mass is 9.70. The molecule has 0 aromatic heterocycles. The maximum Gasteiger partial charge on any atom is 0.215 e. The largest absolute Gasteiger partial charge is 0.493 e. The van der Waals surface area contributed by atoms with Gasteiger partial charge in [-0.05, 0) is 90.1 Å². The molecule has 228 valence electrons. The molecule has 1 N–H and O–H groups in total. The first-order chi connectivity index (χ1) is 20.0. The number of ether oxygens (including phenoxy) is 4. The van der Waals surface area contributed by atoms with Crippen LogP contribution in [-0.4, -0.2) is 65.8 Å². The average Bonchev–Trinajstić information content (AvgIpc) is 3.32. The van der Waals surface area contributed by atoms with Crippen molar-refractivity contribution in [3.63, 3.8) is 0 Å². The average molecular weight is 599 g/mol. The van der Waals surface area contributed by atoms with Crippen molar-refractivity contribution < 1.29 is 32.2 Å². The Morgan fingerprint density at radius 3 is 2.00 bits per heavy atom. The van der Waals surface area contributed by atoms with Gasteiger partial charge in [0.2, 0.25) is 10.0 Å². The first-order valence-electron chi connectivity index (χ1n) is 14.8. The Morgan fingerprint density at radius 1 is 0.881 bits per heavy atom. The van der Waals surface area contributed by atoms with Crippen LogP contribution in [0.2, 0.25) is 0 Å². The van der Waals surface area contributed by atoms with Crippen LogP contribution in [0.1, 0.15) is 67.4 Å². The van der Waals surface area contributed by atoms with Crippen LogP contribution in [0.3, 0.4) is 0 Å². The standard InChI is InChI=1S/C32H42N2O7S/c1-31(2)21-7-10-32(31,28(35)15-21)18-42(36,37)34-12-9-20-14-25(39-4)27(41-6)17-23(20)30(34)29-22-16-26(40-5)24(38-3)13-19(22)8-11-33-29/h13-14,16-17,21,29-30,33H,7-12,15,18H2,1-6H3/t21-,29-,30-,32-/m1/s1. The summed E-state index contributed by atoms with van der Waals surface area (Å²) in [5.74, 6) is 2.59. The van der Waals surface area contributed by atoms with Gasteiger partial charge in [0.05, 0.1) is 46.3 Å². The van der Waals surface area contributed by atoms with E-state index in [0.29, 0.717) is 55.4 Å². The van der Waals surface area contributed by atoms with Crippen molar-refractivity contribution in [2.24, 2.45) is 16.7 Å². The Morgan fingerprint density at radius 2 is 1.45 bits per heavy atom. The Balaban J connectivity index is 1.50. The fourth-order valence-electron chi connectivity index (χ4n) is 8.31. The number of Topliss-reactive ketones (excluding diaryl/α,β-unsaturated/α-hetero) is 1. The number of fused-ring (bicyclic) bond motifs is 4. The summed E-state index contributed by atoms with van der Waals surface area (Å²) in [7, 11) is 2.54. The Hall–Kier alpha value is -2.82. The summed E-state index contributed by atoms with van der Waals surface area (Å²) in [6.45, 7) is 5.16. The van der Waals surface area contributed by atoms with Gasteiger partial charge >= 0.3 is 0 Å². The molecule has 0 radical (unpaired) electrons. The molecule has 0 spiro atoms. The van der Waals surface area contributed by atoms with Gasteiger partial charge in [-0.15, -0.1) is 0 Å². The third-order valence-electron chi connectivity index (χ3n) is 10.9. The Labute approximate surface area is 248 Å². The summed E-state index contributed by atoms with van der Waals surface area (Å²) in [4.78, 5) is 13.4. The minimum Gasteiger partial charge on any atom is -0.493 e. The third kappa shape index (κ3) is 4.24. The van der Waals surface area contributed by atoms with Gasteiger partial charge in [-0.25, -0.2) is 8.42 Å². The van der Waals surface area contributed by atoms with Crippen molar-refractivity contribution in [3.05, 3.63) is 46.5 Å². The highest BCUT2D eigenvalue weighted by Gasteiger charge is 2.66. The summed E-state index contributed by atoms with van der Waals surface area (Å²) in [5.41, 5.74) is 2.76. The van der Waals surface area contributed by atoms with Crippen LogP contribution in [0.4, 0.5) is 0 Å². The molecule has 2 fully saturated rings. The summed E-state index contributed by atoms with van der Waals surface area (Å²) < 4.78 is 53.6. The van der Waals surface area contributed by atoms with Gasteiger partial charge in [-0.3, -0.25) is 4.79 Å². The van der Waals surface area contributed by atoms with Crippen molar-refractivity contribution >= 4 is 15.8 Å². The smallest absolute Gasteiger partial charge is 0.215 e. The van der Waals surface area contributed by atoms with E-state index in [1.54, 1.807) is 32.7 Å². The topological polar surface area (TPSA) is 103 Å². The van der Waals surface area contributed by atoms with Gasteiger partial charge in [0.25, 0.3) is 0 Å². The number of sulfonamides is 1. The monoisotopic (exact) mass is 598 g/mol. The first-order valence-corrected chi connectivity index (χ1v) is 16.4. The second-order valence-corrected chi connectivity index (χ2v) is 14.6. The SMILES string of the molecule is COc1cc2c(cc1OC)[C@H]([C@H]1c3cc(OC)c(OC)cc3CCN1S(=O)(=O)C[C@]13CC[C@H](CC1=O)C3(C)C)NCC2. The number of methoxy groups -OCH3 is 4. The highest BCUT2D eigenvalue weighted by Crippen LogP contribution is 2.64. The zero-order valence-electron chi connectivity index (χ0n) is 25.4. The minimum absolute atomic E-state index is 0.102. The Bertz CT molecular complexity index is 1520. The minimum atomic E-state index is -3.88. The van der Waals surface area contributed by atoms with E-state index in [0.717, 1.165) is 35.1 Å². The van der Waals surface area contributed by atoms with E-state index in [1.165, 1.54) is 0 Å². The second-order valence-electron chi connectivity index (χ2n) is 12.7. The number of nitrogens with one attached hydrogen (secondary N) is 1. The highest BCUT2D eigenvalue weighted by atomic mass is 32.2. The van der Waals surface area contributed by atoms with Crippen LogP contribution < -0.4 is 24.3 Å². The number of ketones is 1. The number of hydrogen-bond acceptors (Lipinski definition) is 8. The summed E-state index contributed by atoms with van der Waals surface area (Å²) in [6.07, 6.45) is 3.31. The number of benzene rings is 2. The molecule has 4 atom stereocenters. The van der Waals surface area contributed by atoms with Gasteiger partial charge < -0.3 is 24.3 Å². The predicted octanol–water partition coefficient (Wildman–Crippen LogP) is 4.23. The zero-order chi connectivity index (χ0) is 30.0. The van der Waals surface area contributed by atoms with Crippen LogP contribution in [0.5, 0.6) is 23.0 Å². The third-order valence-corrected chi connectivity index (χ3v) is 12.8. The number of carbonyl (C=O) groups excluding carboxylic acids is 1. The van der Waals surface area contributed by atoms with E-state index in [1.807, 2.05) is 24.3 Å². The molecule has 2 bridgehead atoms. The highest BCUT2D eigenvalue weighted by molar-refractivity contribution is 7.89. The Kier molecular flexibility index (Phi) is 7.26. The summed E-state index contributed by atoms with van der Waals surface area (Å²) in [6, 6.07) is 6.93. The summed E-state index contributed by atoms with van der Waals surface area (Å²) >= 11 is 0. The molecule has 0 saturated heterocycles. The molecular weight excluding hydrogens is 556 g/mol. The van der Waals surface area contributed by atoms with Crippen LogP contribution in [-0.2, 0) is 27.7 Å². The van der Waals surface area contributed by atoms with E-state index in [9.17, 15) is 13.2 Å². The maximum absolute atomic E-state index is 14.7. The molecule has 2 saturated carbocycles. The van der Waals surface area contributed by atoms with Crippen LogP contribution in [0, 0.1) is 16.7 Å². The lowest BCUT2D eigenvalue weighted by molar-refractivity contribution is -0.128. The van der Waals surface area contributed by atoms with Gasteiger partial charge in [0.1, 0.15) is 5.78 Å². The van der Waals surface area contributed by atoms with E-state index in [4.69, 9.17) is 18.9 Å². The first kappa shape index (κ1) is 29.3. The zero-order valence-corrected chi connectivity index (χ0v) is 26.2. The van der Waals surface area contributed by atoms with Gasteiger partial charge in [-0.1, -0.05) is 13.8 Å². The van der Waals surface area contributed by atoms with Gasteiger partial charge in [0, 0.05) is 18.4 Å². The molecule has 2 aromatic rings. The second kappa shape index (κ2) is 10.4. The van der Waals surface area contributed by atoms with Crippen molar-refractivity contribution in [1.82, 2.24) is 9.62 Å². The van der Waals surface area contributed by atoms with Crippen molar-refractivity contribution in [2.75, 3.05) is 47.3 Å². The van der Waals surface area contributed by atoms with Crippen LogP contribution in [0.25, 0.3) is 0 Å². The molecule has 2 heterocycles. The number of rotatable bonds is 8. The quantitative estimate of drug-likeness (QED) is 0.482. The van der Waals surface area contributed by atoms with E-state index in [2.05, 4.69) is 19.2 Å². The number of carbonyl (C=O) groups is 1. The molecule has 2 aliphatic heterocycles. The lowest BCUT2D eigenvalue weighted by Crippen LogP contribution is -2.52. The number of nitrogens with zero attached hydrogens (tertiary/aromatic N) is 1. The van der Waals surface area contributed by atoms with Gasteiger partial charge in [-0.2, -0.15) is 4.31 Å². The van der Waals surface area contributed by atoms with Crippen LogP contribution in [0.15, 0.2) is 24.3 Å². The molecule has 2 aromatic carbocycles. The normalized spacial score (nSPS) is 28.2. The molecule has 6 rings (SSSR count). The number of hydrogen-bond donors (Lipinski definition) is 1. The molecule has 42 heavy (non-hydrogen) atoms. The molecule has 2 aliphatic carbocycles. The van der Waals surface area contributed by atoms with Crippen molar-refractivity contribution in [1.29, 1.82) is 0 Å². The van der Waals surface area contributed by atoms with E-state index >= 15 is 0 Å². The van der Waals surface area contributed by atoms with E-state index < -0.39 is 21.5 Å². The van der Waals surface area contributed by atoms with Crippen LogP contribution >= 0.6 is 0 Å².